The third-order valence-electron chi connectivity index (χ3n) is 4.91. The van der Waals surface area contributed by atoms with Gasteiger partial charge in [0.25, 0.3) is 11.7 Å². The number of primary amides is 1. The number of Topliss-reactive ketones (excluding diaryl/α,β-unsaturated/α-hetero) is 1. The molecular weight excluding hydrogens is 330 g/mol. The number of para-hydroxylation sites is 1. The third-order valence-corrected chi connectivity index (χ3v) is 4.91. The number of carbonyl (C=O) groups excluding carboxylic acids is 2. The van der Waals surface area contributed by atoms with Crippen LogP contribution in [0.3, 0.4) is 0 Å². The first-order chi connectivity index (χ1) is 12.2. The lowest BCUT2D eigenvalue weighted by atomic mass is 9.94. The molecule has 1 aromatic heterocycles. The third kappa shape index (κ3) is 2.49. The van der Waals surface area contributed by atoms with Crippen molar-refractivity contribution < 1.29 is 14.1 Å². The monoisotopic (exact) mass is 354 g/mol. The number of aryl methyl sites for hydroxylation is 1. The molecule has 2 heterocycles. The molecule has 1 aromatic carbocycles. The Kier molecular flexibility index (Phi) is 4.32. The zero-order chi connectivity index (χ0) is 19.2. The van der Waals surface area contributed by atoms with Crippen molar-refractivity contribution in [3.63, 3.8) is 0 Å². The Morgan fingerprint density at radius 3 is 2.46 bits per heavy atom. The van der Waals surface area contributed by atoms with Gasteiger partial charge >= 0.3 is 0 Å². The van der Waals surface area contributed by atoms with Crippen molar-refractivity contribution in [2.75, 3.05) is 14.1 Å². The van der Waals surface area contributed by atoms with Crippen molar-refractivity contribution in [2.45, 2.75) is 33.1 Å². The van der Waals surface area contributed by atoms with Crippen LogP contribution in [0.2, 0.25) is 0 Å². The average molecular weight is 354 g/mol. The van der Waals surface area contributed by atoms with E-state index in [1.54, 1.807) is 0 Å². The zero-order valence-corrected chi connectivity index (χ0v) is 15.8. The highest BCUT2D eigenvalue weighted by Gasteiger charge is 2.46. The number of rotatable bonds is 5. The minimum Gasteiger partial charge on any atom is -0.363 e. The van der Waals surface area contributed by atoms with E-state index in [0.717, 1.165) is 28.2 Å². The maximum Gasteiger partial charge on any atom is 0.290 e. The first-order valence-electron chi connectivity index (χ1n) is 8.73. The first kappa shape index (κ1) is 18.1. The number of aromatic nitrogens is 1. The number of amides is 1. The number of nitrogens with two attached hydrogens (primary N) is 1. The summed E-state index contributed by atoms with van der Waals surface area (Å²) in [5.74, 6) is -0.853. The summed E-state index contributed by atoms with van der Waals surface area (Å²) in [4.78, 5) is 24.6. The highest BCUT2D eigenvalue weighted by molar-refractivity contribution is 6.56. The Bertz CT molecular complexity index is 936. The molecule has 1 aliphatic heterocycles. The fraction of sp³-hybridized carbons (Fsp3) is 0.350. The summed E-state index contributed by atoms with van der Waals surface area (Å²) in [7, 11) is 3.98. The van der Waals surface area contributed by atoms with Crippen LogP contribution in [-0.4, -0.2) is 30.9 Å². The predicted molar refractivity (Wildman–Crippen MR) is 101 cm³/mol. The predicted octanol–water partition coefficient (Wildman–Crippen LogP) is 2.86. The van der Waals surface area contributed by atoms with E-state index in [0.29, 0.717) is 22.2 Å². The summed E-state index contributed by atoms with van der Waals surface area (Å²) >= 11 is 0. The van der Waals surface area contributed by atoms with Crippen LogP contribution in [0.4, 0.5) is 5.69 Å². The lowest BCUT2D eigenvalue weighted by molar-refractivity contribution is -0.132. The number of fused-ring (bicyclic) bond motifs is 1. The fourth-order valence-corrected chi connectivity index (χ4v) is 3.68. The molecule has 0 radical (unpaired) electrons. The van der Waals surface area contributed by atoms with Crippen molar-refractivity contribution in [3.05, 3.63) is 46.8 Å². The standard InChI is InChI=1S/C20H23N3O3/c1-6-13-16(19(11(2)3)26-22-13)17-15(18(24)20(21)25)12-9-7-8-10-14(12)23(17,4)5/h7-11H,6H2,1-5H3,(H-,21,25)/p+1. The van der Waals surface area contributed by atoms with E-state index < -0.39 is 11.7 Å². The van der Waals surface area contributed by atoms with Crippen LogP contribution in [0.25, 0.3) is 11.3 Å². The summed E-state index contributed by atoms with van der Waals surface area (Å²) in [5, 5.41) is 4.22. The Labute approximate surface area is 152 Å². The molecule has 2 aromatic rings. The van der Waals surface area contributed by atoms with Crippen LogP contribution in [0.1, 0.15) is 49.3 Å². The normalized spacial score (nSPS) is 15.5. The fourth-order valence-electron chi connectivity index (χ4n) is 3.68. The van der Waals surface area contributed by atoms with Gasteiger partial charge in [-0.2, -0.15) is 0 Å². The van der Waals surface area contributed by atoms with E-state index in [4.69, 9.17) is 10.3 Å². The van der Waals surface area contributed by atoms with E-state index in [-0.39, 0.29) is 5.92 Å². The Morgan fingerprint density at radius 2 is 1.88 bits per heavy atom. The molecule has 0 spiro atoms. The van der Waals surface area contributed by atoms with Crippen molar-refractivity contribution in [2.24, 2.45) is 5.73 Å². The molecule has 26 heavy (non-hydrogen) atoms. The van der Waals surface area contributed by atoms with E-state index >= 15 is 0 Å². The second-order valence-electron chi connectivity index (χ2n) is 7.26. The van der Waals surface area contributed by atoms with Gasteiger partial charge in [-0.05, 0) is 12.5 Å². The molecule has 136 valence electrons. The lowest BCUT2D eigenvalue weighted by Gasteiger charge is -2.28. The average Bonchev–Trinajstić information content (AvgIpc) is 3.10. The molecule has 0 unspecified atom stereocenters. The van der Waals surface area contributed by atoms with Crippen LogP contribution in [-0.2, 0) is 16.0 Å². The second kappa shape index (κ2) is 6.21. The van der Waals surface area contributed by atoms with Crippen molar-refractivity contribution in [1.29, 1.82) is 0 Å². The summed E-state index contributed by atoms with van der Waals surface area (Å²) in [6, 6.07) is 7.59. The van der Waals surface area contributed by atoms with Gasteiger partial charge in [-0.15, -0.1) is 0 Å². The van der Waals surface area contributed by atoms with Gasteiger partial charge in [0.05, 0.1) is 25.4 Å². The van der Waals surface area contributed by atoms with Crippen LogP contribution in [0, 0.1) is 0 Å². The molecule has 0 atom stereocenters. The minimum absolute atomic E-state index is 0.0824. The molecule has 3 rings (SSSR count). The van der Waals surface area contributed by atoms with Crippen LogP contribution in [0.15, 0.2) is 28.8 Å². The zero-order valence-electron chi connectivity index (χ0n) is 15.8. The second-order valence-corrected chi connectivity index (χ2v) is 7.26. The van der Waals surface area contributed by atoms with Gasteiger partial charge < -0.3 is 10.3 Å². The molecule has 0 saturated heterocycles. The largest absolute Gasteiger partial charge is 0.363 e. The molecule has 0 fully saturated rings. The SMILES string of the molecule is CCc1noc(C(C)C)c1C1=C(C(=O)C(N)=O)c2ccccc2[N+]1(C)C. The molecule has 0 bridgehead atoms. The van der Waals surface area contributed by atoms with E-state index in [1.165, 1.54) is 0 Å². The van der Waals surface area contributed by atoms with Crippen molar-refractivity contribution in [1.82, 2.24) is 9.64 Å². The van der Waals surface area contributed by atoms with Gasteiger partial charge in [0, 0.05) is 12.0 Å². The number of ketones is 1. The number of benzene rings is 1. The van der Waals surface area contributed by atoms with Gasteiger partial charge in [-0.1, -0.05) is 38.1 Å². The number of quaternary nitrogens is 1. The maximum absolute atomic E-state index is 12.8. The molecule has 2 N–H and O–H groups in total. The topological polar surface area (TPSA) is 86.2 Å². The Morgan fingerprint density at radius 1 is 1.23 bits per heavy atom. The van der Waals surface area contributed by atoms with Crippen molar-refractivity contribution >= 4 is 28.6 Å². The summed E-state index contributed by atoms with van der Waals surface area (Å²) in [6.07, 6.45) is 0.656. The molecule has 0 aliphatic carbocycles. The van der Waals surface area contributed by atoms with Crippen LogP contribution < -0.4 is 10.2 Å². The van der Waals surface area contributed by atoms with Gasteiger partial charge in [-0.3, -0.25) is 14.1 Å². The number of hydrogen-bond acceptors (Lipinski definition) is 4. The van der Waals surface area contributed by atoms with E-state index in [1.807, 2.05) is 59.1 Å². The highest BCUT2D eigenvalue weighted by atomic mass is 16.5. The summed E-state index contributed by atoms with van der Waals surface area (Å²) in [6.45, 7) is 6.02. The van der Waals surface area contributed by atoms with Gasteiger partial charge in [-0.25, -0.2) is 0 Å². The van der Waals surface area contributed by atoms with Crippen LogP contribution in [0.5, 0.6) is 0 Å². The Hall–Kier alpha value is -2.73. The number of hydrogen-bond donors (Lipinski definition) is 1. The van der Waals surface area contributed by atoms with Crippen LogP contribution >= 0.6 is 0 Å². The quantitative estimate of drug-likeness (QED) is 0.661. The van der Waals surface area contributed by atoms with Gasteiger partial charge in [0.2, 0.25) is 0 Å². The van der Waals surface area contributed by atoms with Crippen molar-refractivity contribution in [3.8, 4) is 0 Å². The molecule has 0 saturated carbocycles. The molecular formula is C20H24N3O3+. The molecule has 1 aliphatic rings. The minimum atomic E-state index is -0.963. The summed E-state index contributed by atoms with van der Waals surface area (Å²) in [5.41, 5.74) is 9.70. The molecule has 6 nitrogen and oxygen atoms in total. The number of carbonyl (C=O) groups is 2. The molecule has 6 heteroatoms. The summed E-state index contributed by atoms with van der Waals surface area (Å²) < 4.78 is 5.94. The molecule has 1 amide bonds. The van der Waals surface area contributed by atoms with E-state index in [2.05, 4.69) is 5.16 Å². The smallest absolute Gasteiger partial charge is 0.290 e. The lowest BCUT2D eigenvalue weighted by Crippen LogP contribution is -2.37. The van der Waals surface area contributed by atoms with Gasteiger partial charge in [0.15, 0.2) is 11.5 Å². The number of nitrogens with zero attached hydrogens (tertiary/aromatic N) is 2. The maximum atomic E-state index is 12.8. The van der Waals surface area contributed by atoms with Gasteiger partial charge in [0.1, 0.15) is 16.8 Å². The first-order valence-corrected chi connectivity index (χ1v) is 8.73. The highest BCUT2D eigenvalue weighted by Crippen LogP contribution is 2.49. The Balaban J connectivity index is 2.44. The van der Waals surface area contributed by atoms with E-state index in [9.17, 15) is 9.59 Å².